The lowest BCUT2D eigenvalue weighted by Crippen LogP contribution is -2.25. The normalized spacial score (nSPS) is 11.5. The van der Waals surface area contributed by atoms with Crippen molar-refractivity contribution in [2.75, 3.05) is 25.9 Å². The molecule has 0 aliphatic rings. The second-order valence-electron chi connectivity index (χ2n) is 11.5. The molecule has 5 aromatic rings. The van der Waals surface area contributed by atoms with E-state index in [1.54, 1.807) is 24.4 Å². The lowest BCUT2D eigenvalue weighted by molar-refractivity contribution is 0.0952. The number of amides is 1. The molecule has 0 aliphatic heterocycles. The number of nitrogens with one attached hydrogen (secondary N) is 1. The number of nitrogen functional groups attached to an aromatic ring is 1. The molecule has 0 atom stereocenters. The van der Waals surface area contributed by atoms with Crippen LogP contribution < -0.4 is 27.3 Å². The largest absolute Gasteiger partial charge is 0.494 e. The molecule has 0 saturated heterocycles. The Balaban J connectivity index is 1.42. The van der Waals surface area contributed by atoms with E-state index in [-0.39, 0.29) is 39.4 Å². The molecule has 48 heavy (non-hydrogen) atoms. The molecular formula is C33H35ClF2N8O3S. The fourth-order valence-corrected chi connectivity index (χ4v) is 6.55. The summed E-state index contributed by atoms with van der Waals surface area (Å²) in [6.07, 6.45) is 3.04. The molecule has 5 rings (SSSR count). The number of carbonyl (C=O) groups is 1. The van der Waals surface area contributed by atoms with E-state index in [0.717, 1.165) is 17.3 Å². The predicted octanol–water partition coefficient (Wildman–Crippen LogP) is 5.94. The Bertz CT molecular complexity index is 1970. The van der Waals surface area contributed by atoms with E-state index >= 15 is 4.39 Å². The van der Waals surface area contributed by atoms with Gasteiger partial charge >= 0.3 is 0 Å². The van der Waals surface area contributed by atoms with Crippen molar-refractivity contribution in [3.63, 3.8) is 0 Å². The number of unbranched alkanes of at least 4 members (excludes halogenated alkanes) is 1. The third kappa shape index (κ3) is 7.34. The highest BCUT2D eigenvalue weighted by molar-refractivity contribution is 7.98. The molecule has 1 amide bonds. The SMILES string of the molecule is COc1cc(-n2c(C(C)(C)c3ccc4onc(N)c4c3)cnc2SCc2c(F)cc(C(=O)NCCCCN=C(N)N)cc2Cl)ccc1F. The molecule has 0 fully saturated rings. The Morgan fingerprint density at radius 2 is 1.92 bits per heavy atom. The monoisotopic (exact) mass is 696 g/mol. The van der Waals surface area contributed by atoms with E-state index in [1.807, 2.05) is 30.5 Å². The first-order chi connectivity index (χ1) is 22.9. The van der Waals surface area contributed by atoms with Crippen LogP contribution in [0, 0.1) is 11.6 Å². The molecule has 7 N–H and O–H groups in total. The quantitative estimate of drug-likeness (QED) is 0.0503. The molecule has 0 unspecified atom stereocenters. The van der Waals surface area contributed by atoms with E-state index in [2.05, 4.69) is 15.5 Å². The second kappa shape index (κ2) is 14.5. The van der Waals surface area contributed by atoms with Crippen molar-refractivity contribution in [2.24, 2.45) is 16.5 Å². The summed E-state index contributed by atoms with van der Waals surface area (Å²) in [5.74, 6) is -1.16. The van der Waals surface area contributed by atoms with Crippen molar-refractivity contribution >= 4 is 52.0 Å². The Labute approximate surface area is 284 Å². The van der Waals surface area contributed by atoms with Gasteiger partial charge in [0.2, 0.25) is 0 Å². The van der Waals surface area contributed by atoms with Gasteiger partial charge in [0.05, 0.1) is 30.1 Å². The summed E-state index contributed by atoms with van der Waals surface area (Å²) in [7, 11) is 1.39. The summed E-state index contributed by atoms with van der Waals surface area (Å²) in [5, 5.41) is 7.88. The smallest absolute Gasteiger partial charge is 0.251 e. The van der Waals surface area contributed by atoms with Gasteiger partial charge in [-0.05, 0) is 54.8 Å². The third-order valence-electron chi connectivity index (χ3n) is 7.90. The number of nitrogens with zero attached hydrogens (tertiary/aromatic N) is 4. The Hall–Kier alpha value is -4.82. The van der Waals surface area contributed by atoms with Crippen LogP contribution in [0.3, 0.4) is 0 Å². The number of thioether (sulfide) groups is 1. The van der Waals surface area contributed by atoms with Crippen LogP contribution in [0.4, 0.5) is 14.6 Å². The van der Waals surface area contributed by atoms with Gasteiger partial charge < -0.3 is 31.8 Å². The average molecular weight is 697 g/mol. The fraction of sp³-hybridized carbons (Fsp3) is 0.273. The number of aliphatic imine (C=N–C) groups is 1. The maximum Gasteiger partial charge on any atom is 0.251 e. The Kier molecular flexibility index (Phi) is 10.4. The van der Waals surface area contributed by atoms with E-state index < -0.39 is 23.0 Å². The van der Waals surface area contributed by atoms with Gasteiger partial charge in [-0.1, -0.05) is 48.4 Å². The van der Waals surface area contributed by atoms with Crippen molar-refractivity contribution in [2.45, 2.75) is 43.0 Å². The number of benzene rings is 3. The summed E-state index contributed by atoms with van der Waals surface area (Å²) in [5.41, 5.74) is 19.1. The summed E-state index contributed by atoms with van der Waals surface area (Å²) in [6, 6.07) is 12.7. The number of methoxy groups -OCH3 is 1. The maximum absolute atomic E-state index is 15.4. The van der Waals surface area contributed by atoms with Crippen molar-refractivity contribution in [3.8, 4) is 11.4 Å². The minimum atomic E-state index is -0.659. The molecule has 252 valence electrons. The van der Waals surface area contributed by atoms with Gasteiger partial charge in [-0.25, -0.2) is 13.8 Å². The van der Waals surface area contributed by atoms with Crippen LogP contribution in [0.2, 0.25) is 5.02 Å². The van der Waals surface area contributed by atoms with E-state index in [9.17, 15) is 9.18 Å². The highest BCUT2D eigenvalue weighted by Gasteiger charge is 2.31. The van der Waals surface area contributed by atoms with Gasteiger partial charge in [-0.2, -0.15) is 0 Å². The van der Waals surface area contributed by atoms with Crippen molar-refractivity contribution in [1.29, 1.82) is 0 Å². The number of rotatable bonds is 13. The standard InChI is InChI=1S/C33H35ClF2N8O3S/c1-33(2,19-6-9-26-21(14-19)29(37)43-47-26)28-16-42-32(44(28)20-7-8-24(35)27(15-20)46-3)48-17-22-23(34)12-18(13-25(22)36)30(45)40-10-4-5-11-41-31(38)39/h6-9,12-16H,4-5,10-11,17H2,1-3H3,(H2,37,43)(H,40,45)(H4,38,39,41). The topological polar surface area (TPSA) is 173 Å². The van der Waals surface area contributed by atoms with Gasteiger partial charge in [0.15, 0.2) is 34.1 Å². The molecular weight excluding hydrogens is 662 g/mol. The van der Waals surface area contributed by atoms with Crippen molar-refractivity contribution < 1.29 is 22.8 Å². The molecule has 0 spiro atoms. The van der Waals surface area contributed by atoms with Gasteiger partial charge in [0.25, 0.3) is 5.91 Å². The summed E-state index contributed by atoms with van der Waals surface area (Å²) >= 11 is 7.76. The highest BCUT2D eigenvalue weighted by atomic mass is 35.5. The van der Waals surface area contributed by atoms with Crippen LogP contribution in [0.25, 0.3) is 16.7 Å². The minimum Gasteiger partial charge on any atom is -0.494 e. The van der Waals surface area contributed by atoms with Crippen molar-refractivity contribution in [1.82, 2.24) is 20.0 Å². The van der Waals surface area contributed by atoms with Gasteiger partial charge in [0.1, 0.15) is 5.82 Å². The molecule has 0 radical (unpaired) electrons. The number of hydrogen-bond acceptors (Lipinski definition) is 8. The number of fused-ring (bicyclic) bond motifs is 1. The number of nitrogens with two attached hydrogens (primary N) is 3. The van der Waals surface area contributed by atoms with Crippen molar-refractivity contribution in [3.05, 3.63) is 93.8 Å². The Morgan fingerprint density at radius 3 is 2.65 bits per heavy atom. The zero-order valence-corrected chi connectivity index (χ0v) is 28.1. The first-order valence-corrected chi connectivity index (χ1v) is 16.3. The number of halogens is 3. The minimum absolute atomic E-state index is 0.0128. The number of ether oxygens (including phenoxy) is 1. The van der Waals surface area contributed by atoms with Crippen LogP contribution >= 0.6 is 23.4 Å². The van der Waals surface area contributed by atoms with Crippen LogP contribution in [-0.2, 0) is 11.2 Å². The van der Waals surface area contributed by atoms with Crippen LogP contribution in [0.5, 0.6) is 5.75 Å². The van der Waals surface area contributed by atoms with Gasteiger partial charge in [0, 0.05) is 46.5 Å². The molecule has 2 aromatic heterocycles. The van der Waals surface area contributed by atoms with Crippen LogP contribution in [-0.4, -0.2) is 46.8 Å². The highest BCUT2D eigenvalue weighted by Crippen LogP contribution is 2.39. The lowest BCUT2D eigenvalue weighted by Gasteiger charge is -2.27. The zero-order valence-electron chi connectivity index (χ0n) is 26.5. The van der Waals surface area contributed by atoms with Crippen LogP contribution in [0.1, 0.15) is 53.9 Å². The Morgan fingerprint density at radius 1 is 1.12 bits per heavy atom. The molecule has 0 bridgehead atoms. The molecule has 11 nitrogen and oxygen atoms in total. The maximum atomic E-state index is 15.4. The zero-order chi connectivity index (χ0) is 34.6. The third-order valence-corrected chi connectivity index (χ3v) is 9.21. The molecule has 0 aliphatic carbocycles. The number of aromatic nitrogens is 3. The van der Waals surface area contributed by atoms with Gasteiger partial charge in [-0.15, -0.1) is 0 Å². The second-order valence-corrected chi connectivity index (χ2v) is 12.8. The first kappa shape index (κ1) is 34.5. The number of carbonyl (C=O) groups excluding carboxylic acids is 1. The number of anilines is 1. The number of imidazole rings is 1. The molecule has 2 heterocycles. The van der Waals surface area contributed by atoms with E-state index in [1.165, 1.54) is 31.0 Å². The summed E-state index contributed by atoms with van der Waals surface area (Å²) < 4.78 is 42.3. The summed E-state index contributed by atoms with van der Waals surface area (Å²) in [4.78, 5) is 21.3. The predicted molar refractivity (Wildman–Crippen MR) is 184 cm³/mol. The first-order valence-electron chi connectivity index (χ1n) is 14.9. The molecule has 15 heteroatoms. The van der Waals surface area contributed by atoms with E-state index in [4.69, 9.17) is 43.0 Å². The number of hydrogen-bond donors (Lipinski definition) is 4. The lowest BCUT2D eigenvalue weighted by atomic mass is 9.81. The average Bonchev–Trinajstić information content (AvgIpc) is 3.66. The fourth-order valence-electron chi connectivity index (χ4n) is 5.17. The van der Waals surface area contributed by atoms with Gasteiger partial charge in [-0.3, -0.25) is 14.4 Å². The molecule has 3 aromatic carbocycles. The molecule has 0 saturated carbocycles. The summed E-state index contributed by atoms with van der Waals surface area (Å²) in [6.45, 7) is 4.85. The van der Waals surface area contributed by atoms with Crippen LogP contribution in [0.15, 0.2) is 69.4 Å². The number of guanidine groups is 1. The van der Waals surface area contributed by atoms with E-state index in [0.29, 0.717) is 47.7 Å².